The number of halogens is 1. The fourth-order valence-electron chi connectivity index (χ4n) is 2.15. The Morgan fingerprint density at radius 2 is 1.76 bits per heavy atom. The summed E-state index contributed by atoms with van der Waals surface area (Å²) < 4.78 is 0. The number of ketones is 1. The largest absolute Gasteiger partial charge is 0.352 e. The van der Waals surface area contributed by atoms with E-state index in [4.69, 9.17) is 11.6 Å². The summed E-state index contributed by atoms with van der Waals surface area (Å²) in [7, 11) is 0. The summed E-state index contributed by atoms with van der Waals surface area (Å²) in [6, 6.07) is 6.56. The maximum absolute atomic E-state index is 11.9. The van der Waals surface area contributed by atoms with E-state index in [-0.39, 0.29) is 30.6 Å². The van der Waals surface area contributed by atoms with Crippen LogP contribution in [0.15, 0.2) is 24.3 Å². The Hall–Kier alpha value is -1.88. The number of hydrogen-bond donors (Lipinski definition) is 1. The summed E-state index contributed by atoms with van der Waals surface area (Å²) in [6.07, 6.45) is 1.11. The van der Waals surface area contributed by atoms with Crippen molar-refractivity contribution < 1.29 is 14.4 Å². The minimum atomic E-state index is -0.228. The van der Waals surface area contributed by atoms with Gasteiger partial charge in [0, 0.05) is 49.5 Å². The standard InChI is InChI=1S/C15H17ClN2O3/c16-12-3-1-11(2-4-12)15(21)17-8-5-14(20)18-9-6-13(19)7-10-18/h1-4H,5-10H2,(H,17,21). The van der Waals surface area contributed by atoms with E-state index in [1.54, 1.807) is 29.2 Å². The SMILES string of the molecule is O=C1CCN(C(=O)CCNC(=O)c2ccc(Cl)cc2)CC1. The van der Waals surface area contributed by atoms with Crippen LogP contribution >= 0.6 is 11.6 Å². The van der Waals surface area contributed by atoms with Crippen LogP contribution in [0.3, 0.4) is 0 Å². The van der Waals surface area contributed by atoms with Gasteiger partial charge in [0.2, 0.25) is 5.91 Å². The highest BCUT2D eigenvalue weighted by Gasteiger charge is 2.20. The number of amides is 2. The Kier molecular flexibility index (Phi) is 5.33. The van der Waals surface area contributed by atoms with Crippen molar-refractivity contribution in [3.8, 4) is 0 Å². The van der Waals surface area contributed by atoms with Gasteiger partial charge in [0.15, 0.2) is 0 Å². The van der Waals surface area contributed by atoms with E-state index < -0.39 is 0 Å². The molecule has 0 spiro atoms. The van der Waals surface area contributed by atoms with Crippen LogP contribution in [-0.4, -0.2) is 42.1 Å². The number of benzene rings is 1. The Morgan fingerprint density at radius 3 is 2.38 bits per heavy atom. The maximum atomic E-state index is 11.9. The van der Waals surface area contributed by atoms with Crippen molar-refractivity contribution in [3.63, 3.8) is 0 Å². The van der Waals surface area contributed by atoms with Crippen LogP contribution in [0.25, 0.3) is 0 Å². The molecule has 0 bridgehead atoms. The summed E-state index contributed by atoms with van der Waals surface area (Å²) in [5, 5.41) is 3.27. The van der Waals surface area contributed by atoms with E-state index >= 15 is 0 Å². The fraction of sp³-hybridized carbons (Fsp3) is 0.400. The summed E-state index contributed by atoms with van der Waals surface area (Å²) in [5.41, 5.74) is 0.510. The van der Waals surface area contributed by atoms with E-state index in [1.165, 1.54) is 0 Å². The molecular weight excluding hydrogens is 292 g/mol. The Labute approximate surface area is 128 Å². The Bertz CT molecular complexity index is 532. The normalized spacial score (nSPS) is 14.9. The smallest absolute Gasteiger partial charge is 0.251 e. The Balaban J connectivity index is 1.73. The zero-order valence-electron chi connectivity index (χ0n) is 11.6. The van der Waals surface area contributed by atoms with Gasteiger partial charge in [-0.05, 0) is 24.3 Å². The van der Waals surface area contributed by atoms with E-state index in [0.717, 1.165) is 0 Å². The average Bonchev–Trinajstić information content (AvgIpc) is 2.48. The van der Waals surface area contributed by atoms with E-state index in [2.05, 4.69) is 5.32 Å². The molecule has 112 valence electrons. The average molecular weight is 309 g/mol. The van der Waals surface area contributed by atoms with E-state index in [9.17, 15) is 14.4 Å². The molecule has 0 unspecified atom stereocenters. The zero-order chi connectivity index (χ0) is 15.2. The molecule has 21 heavy (non-hydrogen) atoms. The van der Waals surface area contributed by atoms with Gasteiger partial charge in [-0.1, -0.05) is 11.6 Å². The maximum Gasteiger partial charge on any atom is 0.251 e. The molecule has 1 aliphatic heterocycles. The first kappa shape index (κ1) is 15.5. The second kappa shape index (κ2) is 7.22. The van der Waals surface area contributed by atoms with Gasteiger partial charge in [0.1, 0.15) is 5.78 Å². The lowest BCUT2D eigenvalue weighted by atomic mass is 10.1. The first-order valence-corrected chi connectivity index (χ1v) is 7.27. The molecule has 0 saturated carbocycles. The van der Waals surface area contributed by atoms with Gasteiger partial charge in [-0.3, -0.25) is 14.4 Å². The zero-order valence-corrected chi connectivity index (χ0v) is 12.4. The summed E-state index contributed by atoms with van der Waals surface area (Å²) in [6.45, 7) is 1.26. The second-order valence-electron chi connectivity index (χ2n) is 4.93. The third-order valence-electron chi connectivity index (χ3n) is 3.40. The second-order valence-corrected chi connectivity index (χ2v) is 5.37. The molecule has 0 aliphatic carbocycles. The molecule has 0 atom stereocenters. The lowest BCUT2D eigenvalue weighted by molar-refractivity contribution is -0.134. The van der Waals surface area contributed by atoms with Crippen molar-refractivity contribution in [1.82, 2.24) is 10.2 Å². The number of carbonyl (C=O) groups excluding carboxylic acids is 3. The molecule has 0 aromatic heterocycles. The van der Waals surface area contributed by atoms with Gasteiger partial charge in [0.05, 0.1) is 0 Å². The molecule has 2 rings (SSSR count). The van der Waals surface area contributed by atoms with Gasteiger partial charge in [-0.25, -0.2) is 0 Å². The van der Waals surface area contributed by atoms with Crippen LogP contribution in [0.5, 0.6) is 0 Å². The minimum absolute atomic E-state index is 0.0288. The van der Waals surface area contributed by atoms with Crippen LogP contribution in [0.2, 0.25) is 5.02 Å². The van der Waals surface area contributed by atoms with E-state index in [1.807, 2.05) is 0 Å². The van der Waals surface area contributed by atoms with Crippen LogP contribution in [0.1, 0.15) is 29.6 Å². The van der Waals surface area contributed by atoms with Gasteiger partial charge < -0.3 is 10.2 Å². The highest BCUT2D eigenvalue weighted by Crippen LogP contribution is 2.09. The number of piperidine rings is 1. The molecule has 1 heterocycles. The molecule has 1 saturated heterocycles. The van der Waals surface area contributed by atoms with Gasteiger partial charge in [-0.2, -0.15) is 0 Å². The molecule has 1 aliphatic rings. The molecule has 2 amide bonds. The number of rotatable bonds is 4. The van der Waals surface area contributed by atoms with Crippen LogP contribution in [0.4, 0.5) is 0 Å². The Morgan fingerprint density at radius 1 is 1.14 bits per heavy atom. The summed E-state index contributed by atoms with van der Waals surface area (Å²) in [5.74, 6) is -0.0534. The number of carbonyl (C=O) groups is 3. The highest BCUT2D eigenvalue weighted by molar-refractivity contribution is 6.30. The lowest BCUT2D eigenvalue weighted by Gasteiger charge is -2.26. The van der Waals surface area contributed by atoms with Crippen molar-refractivity contribution in [2.45, 2.75) is 19.3 Å². The highest BCUT2D eigenvalue weighted by atomic mass is 35.5. The predicted octanol–water partition coefficient (Wildman–Crippen LogP) is 1.65. The minimum Gasteiger partial charge on any atom is -0.352 e. The predicted molar refractivity (Wildman–Crippen MR) is 79.2 cm³/mol. The molecule has 5 nitrogen and oxygen atoms in total. The molecule has 0 radical (unpaired) electrons. The molecule has 1 fully saturated rings. The molecule has 6 heteroatoms. The summed E-state index contributed by atoms with van der Waals surface area (Å²) in [4.78, 5) is 36.5. The summed E-state index contributed by atoms with van der Waals surface area (Å²) >= 11 is 5.75. The molecular formula is C15H17ClN2O3. The van der Waals surface area contributed by atoms with Crippen molar-refractivity contribution >= 4 is 29.2 Å². The first-order valence-electron chi connectivity index (χ1n) is 6.89. The van der Waals surface area contributed by atoms with Crippen molar-refractivity contribution in [2.24, 2.45) is 0 Å². The van der Waals surface area contributed by atoms with Gasteiger partial charge in [-0.15, -0.1) is 0 Å². The van der Waals surface area contributed by atoms with Gasteiger partial charge in [0.25, 0.3) is 5.91 Å². The van der Waals surface area contributed by atoms with Crippen molar-refractivity contribution in [3.05, 3.63) is 34.9 Å². The topological polar surface area (TPSA) is 66.5 Å². The number of Topliss-reactive ketones (excluding diaryl/α,β-unsaturated/α-hetero) is 1. The van der Waals surface area contributed by atoms with Crippen LogP contribution in [0, 0.1) is 0 Å². The van der Waals surface area contributed by atoms with Crippen molar-refractivity contribution in [2.75, 3.05) is 19.6 Å². The van der Waals surface area contributed by atoms with Crippen LogP contribution < -0.4 is 5.32 Å². The van der Waals surface area contributed by atoms with E-state index in [0.29, 0.717) is 36.5 Å². The number of likely N-dealkylation sites (tertiary alicyclic amines) is 1. The molecule has 1 N–H and O–H groups in total. The number of nitrogens with one attached hydrogen (secondary N) is 1. The van der Waals surface area contributed by atoms with Crippen molar-refractivity contribution in [1.29, 1.82) is 0 Å². The third kappa shape index (κ3) is 4.56. The monoisotopic (exact) mass is 308 g/mol. The number of nitrogens with zero attached hydrogens (tertiary/aromatic N) is 1. The van der Waals surface area contributed by atoms with Crippen LogP contribution in [-0.2, 0) is 9.59 Å². The lowest BCUT2D eigenvalue weighted by Crippen LogP contribution is -2.40. The first-order chi connectivity index (χ1) is 10.1. The third-order valence-corrected chi connectivity index (χ3v) is 3.66. The number of hydrogen-bond acceptors (Lipinski definition) is 3. The molecule has 1 aromatic rings. The fourth-order valence-corrected chi connectivity index (χ4v) is 2.28. The quantitative estimate of drug-likeness (QED) is 0.919. The molecule has 1 aromatic carbocycles. The van der Waals surface area contributed by atoms with Gasteiger partial charge >= 0.3 is 0 Å².